The average Bonchev–Trinajstić information content (AvgIpc) is 2.63. The van der Waals surface area contributed by atoms with Crippen molar-refractivity contribution in [1.29, 1.82) is 0 Å². The number of likely N-dealkylation sites (N-methyl/N-ethyl adjacent to an activating group) is 1. The van der Waals surface area contributed by atoms with Crippen LogP contribution in [0.3, 0.4) is 0 Å². The lowest BCUT2D eigenvalue weighted by atomic mass is 9.86. The Morgan fingerprint density at radius 3 is 2.19 bits per heavy atom. The fraction of sp³-hybridized carbons (Fsp3) is 0.273. The largest absolute Gasteiger partial charge is 0.478 e. The van der Waals surface area contributed by atoms with Gasteiger partial charge in [-0.15, -0.1) is 0 Å². The van der Waals surface area contributed by atoms with E-state index in [1.807, 2.05) is 0 Å². The molecule has 5 heteroatoms. The van der Waals surface area contributed by atoms with E-state index < -0.39 is 11.9 Å². The van der Waals surface area contributed by atoms with E-state index in [0.717, 1.165) is 6.54 Å². The van der Waals surface area contributed by atoms with Gasteiger partial charge in [0.1, 0.15) is 0 Å². The molecule has 0 saturated carbocycles. The molecular weight excluding hydrogens is 342 g/mol. The third-order valence-electron chi connectivity index (χ3n) is 4.67. The highest BCUT2D eigenvalue weighted by Gasteiger charge is 2.20. The van der Waals surface area contributed by atoms with E-state index in [9.17, 15) is 9.59 Å². The highest BCUT2D eigenvalue weighted by molar-refractivity contribution is 5.89. The number of aryl methyl sites for hydroxylation is 1. The van der Waals surface area contributed by atoms with Gasteiger partial charge in [0.2, 0.25) is 0 Å². The van der Waals surface area contributed by atoms with Crippen molar-refractivity contribution < 1.29 is 19.8 Å². The molecule has 2 aromatic carbocycles. The second-order valence-electron chi connectivity index (χ2n) is 6.69. The van der Waals surface area contributed by atoms with Crippen LogP contribution in [0.1, 0.15) is 22.3 Å². The van der Waals surface area contributed by atoms with Crippen LogP contribution < -0.4 is 0 Å². The van der Waals surface area contributed by atoms with Gasteiger partial charge in [-0.25, -0.2) is 9.59 Å². The Kier molecular flexibility index (Phi) is 6.91. The number of carboxylic acid groups (broad SMARTS) is 2. The van der Waals surface area contributed by atoms with Crippen LogP contribution in [0.5, 0.6) is 0 Å². The quantitative estimate of drug-likeness (QED) is 0.810. The highest BCUT2D eigenvalue weighted by Crippen LogP contribution is 2.34. The number of fused-ring (bicyclic) bond motifs is 1. The maximum absolute atomic E-state index is 9.55. The zero-order valence-corrected chi connectivity index (χ0v) is 15.9. The summed E-state index contributed by atoms with van der Waals surface area (Å²) in [5.41, 5.74) is 8.74. The number of aliphatic carboxylic acids is 2. The minimum atomic E-state index is -1.26. The molecule has 0 radical (unpaired) electrons. The molecule has 0 saturated heterocycles. The van der Waals surface area contributed by atoms with E-state index in [1.165, 1.54) is 40.8 Å². The van der Waals surface area contributed by atoms with Gasteiger partial charge < -0.3 is 15.1 Å². The topological polar surface area (TPSA) is 77.8 Å². The van der Waals surface area contributed by atoms with Gasteiger partial charge >= 0.3 is 11.9 Å². The first-order valence-corrected chi connectivity index (χ1v) is 8.79. The Labute approximate surface area is 159 Å². The van der Waals surface area contributed by atoms with Gasteiger partial charge in [0.15, 0.2) is 0 Å². The van der Waals surface area contributed by atoms with Crippen molar-refractivity contribution in [3.05, 3.63) is 70.8 Å². The Bertz CT molecular complexity index is 840. The predicted molar refractivity (Wildman–Crippen MR) is 106 cm³/mol. The van der Waals surface area contributed by atoms with E-state index in [2.05, 4.69) is 62.2 Å². The molecule has 1 aliphatic rings. The molecule has 142 valence electrons. The number of hydrogen-bond donors (Lipinski definition) is 2. The zero-order valence-electron chi connectivity index (χ0n) is 15.9. The Hall–Kier alpha value is -2.92. The van der Waals surface area contributed by atoms with Gasteiger partial charge in [-0.2, -0.15) is 0 Å². The summed E-state index contributed by atoms with van der Waals surface area (Å²) in [5, 5.41) is 15.6. The van der Waals surface area contributed by atoms with Crippen LogP contribution in [0.25, 0.3) is 11.1 Å². The lowest BCUT2D eigenvalue weighted by Gasteiger charge is -2.29. The van der Waals surface area contributed by atoms with E-state index in [4.69, 9.17) is 10.2 Å². The summed E-state index contributed by atoms with van der Waals surface area (Å²) in [6, 6.07) is 13.2. The maximum atomic E-state index is 9.55. The monoisotopic (exact) mass is 367 g/mol. The summed E-state index contributed by atoms with van der Waals surface area (Å²) in [4.78, 5) is 21.5. The van der Waals surface area contributed by atoms with Gasteiger partial charge in [-0.3, -0.25) is 0 Å². The number of carboxylic acids is 2. The molecular formula is C22H25NO4. The second-order valence-corrected chi connectivity index (χ2v) is 6.69. The first-order chi connectivity index (χ1) is 12.8. The zero-order chi connectivity index (χ0) is 20.0. The first kappa shape index (κ1) is 20.4. The van der Waals surface area contributed by atoms with E-state index in [0.29, 0.717) is 12.2 Å². The van der Waals surface area contributed by atoms with Gasteiger partial charge in [0, 0.05) is 25.2 Å². The summed E-state index contributed by atoms with van der Waals surface area (Å²) in [6.45, 7) is 6.73. The van der Waals surface area contributed by atoms with Gasteiger partial charge in [0.25, 0.3) is 0 Å². The molecule has 3 rings (SSSR count). The third-order valence-corrected chi connectivity index (χ3v) is 4.67. The molecule has 0 bridgehead atoms. The predicted octanol–water partition coefficient (Wildman–Crippen LogP) is 3.67. The smallest absolute Gasteiger partial charge is 0.328 e. The lowest BCUT2D eigenvalue weighted by molar-refractivity contribution is -0.134. The van der Waals surface area contributed by atoms with Crippen LogP contribution in [0.4, 0.5) is 0 Å². The van der Waals surface area contributed by atoms with Crippen molar-refractivity contribution >= 4 is 11.9 Å². The Morgan fingerprint density at radius 2 is 1.63 bits per heavy atom. The van der Waals surface area contributed by atoms with Crippen molar-refractivity contribution in [3.63, 3.8) is 0 Å². The number of rotatable bonds is 3. The standard InChI is InChI=1S/C18H21N.C4H4O4/c1-13-11-16-9-10-19(3)12-17(16)18(14(13)2)15-7-5-4-6-8-15;5-3(6)1-2-4(7)8/h4-8,11H,9-10,12H2,1-3H3;1-2H,(H,5,6)(H,7,8)/b;2-1-. The average molecular weight is 367 g/mol. The molecule has 1 heterocycles. The van der Waals surface area contributed by atoms with Gasteiger partial charge in [-0.05, 0) is 60.7 Å². The molecule has 0 atom stereocenters. The first-order valence-electron chi connectivity index (χ1n) is 8.79. The SMILES string of the molecule is Cc1cc2c(c(-c3ccccc3)c1C)CN(C)CC2.O=C(O)/C=C\C(=O)O. The number of nitrogens with zero attached hydrogens (tertiary/aromatic N) is 1. The molecule has 1 aliphatic heterocycles. The summed E-state index contributed by atoms with van der Waals surface area (Å²) >= 11 is 0. The Morgan fingerprint density at radius 1 is 1.04 bits per heavy atom. The molecule has 2 N–H and O–H groups in total. The van der Waals surface area contributed by atoms with Crippen LogP contribution in [0, 0.1) is 13.8 Å². The van der Waals surface area contributed by atoms with Crippen molar-refractivity contribution in [2.24, 2.45) is 0 Å². The molecule has 2 aromatic rings. The summed E-state index contributed by atoms with van der Waals surface area (Å²) in [6.07, 6.45) is 2.29. The van der Waals surface area contributed by atoms with Crippen LogP contribution in [-0.4, -0.2) is 40.6 Å². The minimum absolute atomic E-state index is 0.558. The normalized spacial score (nSPS) is 13.6. The molecule has 0 spiro atoms. The van der Waals surface area contributed by atoms with Crippen molar-refractivity contribution in [2.75, 3.05) is 13.6 Å². The van der Waals surface area contributed by atoms with Crippen molar-refractivity contribution in [2.45, 2.75) is 26.8 Å². The van der Waals surface area contributed by atoms with Crippen LogP contribution in [0.15, 0.2) is 48.6 Å². The summed E-state index contributed by atoms with van der Waals surface area (Å²) < 4.78 is 0. The maximum Gasteiger partial charge on any atom is 0.328 e. The molecule has 27 heavy (non-hydrogen) atoms. The summed E-state index contributed by atoms with van der Waals surface area (Å²) in [7, 11) is 2.22. The molecule has 5 nitrogen and oxygen atoms in total. The third kappa shape index (κ3) is 5.53. The van der Waals surface area contributed by atoms with Gasteiger partial charge in [-0.1, -0.05) is 36.4 Å². The number of hydrogen-bond acceptors (Lipinski definition) is 3. The fourth-order valence-electron chi connectivity index (χ4n) is 3.24. The van der Waals surface area contributed by atoms with Gasteiger partial charge in [0.05, 0.1) is 0 Å². The van der Waals surface area contributed by atoms with Crippen LogP contribution in [-0.2, 0) is 22.6 Å². The molecule has 0 aromatic heterocycles. The van der Waals surface area contributed by atoms with E-state index in [-0.39, 0.29) is 0 Å². The van der Waals surface area contributed by atoms with Crippen LogP contribution in [0.2, 0.25) is 0 Å². The Balaban J connectivity index is 0.000000279. The highest BCUT2D eigenvalue weighted by atomic mass is 16.4. The number of carbonyl (C=O) groups is 2. The second kappa shape index (κ2) is 9.14. The molecule has 0 fully saturated rings. The van der Waals surface area contributed by atoms with Crippen LogP contribution >= 0.6 is 0 Å². The van der Waals surface area contributed by atoms with E-state index >= 15 is 0 Å². The molecule has 0 unspecified atom stereocenters. The van der Waals surface area contributed by atoms with Crippen molar-refractivity contribution in [3.8, 4) is 11.1 Å². The number of benzene rings is 2. The summed E-state index contributed by atoms with van der Waals surface area (Å²) in [5.74, 6) is -2.51. The van der Waals surface area contributed by atoms with Crippen molar-refractivity contribution in [1.82, 2.24) is 4.90 Å². The lowest BCUT2D eigenvalue weighted by Crippen LogP contribution is -2.27. The molecule has 0 aliphatic carbocycles. The molecule has 0 amide bonds. The van der Waals surface area contributed by atoms with E-state index in [1.54, 1.807) is 5.56 Å². The minimum Gasteiger partial charge on any atom is -0.478 e. The fourth-order valence-corrected chi connectivity index (χ4v) is 3.24.